The first-order valence-electron chi connectivity index (χ1n) is 12.3. The smallest absolute Gasteiger partial charge is 0.341 e. The molecular formula is C28H33N3O4. The molecule has 3 aromatic rings. The van der Waals surface area contributed by atoms with Crippen molar-refractivity contribution in [2.45, 2.75) is 59.1 Å². The normalized spacial score (nSPS) is 17.8. The van der Waals surface area contributed by atoms with Gasteiger partial charge < -0.3 is 9.84 Å². The maximum Gasteiger partial charge on any atom is 0.341 e. The van der Waals surface area contributed by atoms with E-state index in [1.54, 1.807) is 4.90 Å². The summed E-state index contributed by atoms with van der Waals surface area (Å²) in [6.07, 6.45) is 5.17. The van der Waals surface area contributed by atoms with Gasteiger partial charge in [0.25, 0.3) is 0 Å². The van der Waals surface area contributed by atoms with Gasteiger partial charge in [0.2, 0.25) is 5.91 Å². The molecular weight excluding hydrogens is 442 g/mol. The lowest BCUT2D eigenvalue weighted by Gasteiger charge is -2.32. The minimum absolute atomic E-state index is 0.0145. The number of aromatic nitrogens is 2. The first-order valence-corrected chi connectivity index (χ1v) is 12.3. The van der Waals surface area contributed by atoms with Gasteiger partial charge in [0.05, 0.1) is 5.69 Å². The third kappa shape index (κ3) is 5.73. The second kappa shape index (κ2) is 10.8. The zero-order valence-corrected chi connectivity index (χ0v) is 20.6. The van der Waals surface area contributed by atoms with Crippen LogP contribution in [0.2, 0.25) is 0 Å². The van der Waals surface area contributed by atoms with Crippen LogP contribution >= 0.6 is 0 Å². The zero-order valence-electron chi connectivity index (χ0n) is 20.6. The van der Waals surface area contributed by atoms with Crippen LogP contribution < -0.4 is 9.64 Å². The first-order chi connectivity index (χ1) is 16.8. The Bertz CT molecular complexity index is 1150. The molecule has 7 nitrogen and oxygen atoms in total. The van der Waals surface area contributed by atoms with Crippen LogP contribution in [0.1, 0.15) is 62.4 Å². The molecule has 7 heteroatoms. The number of hydrogen-bond donors (Lipinski definition) is 1. The summed E-state index contributed by atoms with van der Waals surface area (Å²) in [4.78, 5) is 27.1. The van der Waals surface area contributed by atoms with Crippen LogP contribution in [0.15, 0.2) is 60.8 Å². The molecule has 184 valence electrons. The summed E-state index contributed by atoms with van der Waals surface area (Å²) in [6, 6.07) is 17.0. The Balaban J connectivity index is 1.56. The van der Waals surface area contributed by atoms with E-state index in [1.165, 1.54) is 10.9 Å². The number of nitrogens with zero attached hydrogens (tertiary/aromatic N) is 3. The molecule has 0 aliphatic heterocycles. The van der Waals surface area contributed by atoms with Crippen LogP contribution in [0.3, 0.4) is 0 Å². The fourth-order valence-electron chi connectivity index (χ4n) is 4.57. The second-order valence-corrected chi connectivity index (χ2v) is 9.64. The highest BCUT2D eigenvalue weighted by Gasteiger charge is 2.34. The molecule has 2 aromatic carbocycles. The summed E-state index contributed by atoms with van der Waals surface area (Å²) < 4.78 is 7.37. The first kappa shape index (κ1) is 24.5. The molecule has 1 aromatic heterocycles. The number of carboxylic acid groups (broad SMARTS) is 1. The molecule has 0 atom stereocenters. The predicted octanol–water partition coefficient (Wildman–Crippen LogP) is 5.72. The van der Waals surface area contributed by atoms with Gasteiger partial charge in [0.1, 0.15) is 17.9 Å². The Labute approximate surface area is 206 Å². The van der Waals surface area contributed by atoms with E-state index in [2.05, 4.69) is 12.0 Å². The highest BCUT2D eigenvalue weighted by Crippen LogP contribution is 2.33. The summed E-state index contributed by atoms with van der Waals surface area (Å²) in [6.45, 7) is 6.46. The lowest BCUT2D eigenvalue weighted by atomic mass is 9.82. The average Bonchev–Trinajstić information content (AvgIpc) is 3.29. The van der Waals surface area contributed by atoms with Gasteiger partial charge in [-0.2, -0.15) is 0 Å². The molecule has 1 amide bonds. The summed E-state index contributed by atoms with van der Waals surface area (Å²) in [7, 11) is 0. The van der Waals surface area contributed by atoms with Crippen molar-refractivity contribution < 1.29 is 19.4 Å². The minimum atomic E-state index is -1.11. The molecule has 1 heterocycles. The van der Waals surface area contributed by atoms with Crippen molar-refractivity contribution in [2.24, 2.45) is 11.8 Å². The number of carbonyl (C=O) groups excluding carboxylic acids is 1. The molecule has 0 spiro atoms. The minimum Gasteiger partial charge on any atom is -0.489 e. The summed E-state index contributed by atoms with van der Waals surface area (Å²) in [5.74, 6) is 0.282. The third-order valence-corrected chi connectivity index (χ3v) is 6.62. The van der Waals surface area contributed by atoms with Gasteiger partial charge in [-0.05, 0) is 75.3 Å². The molecule has 1 saturated carbocycles. The van der Waals surface area contributed by atoms with Crippen molar-refractivity contribution in [2.75, 3.05) is 4.90 Å². The lowest BCUT2D eigenvalue weighted by molar-refractivity contribution is -0.124. The highest BCUT2D eigenvalue weighted by atomic mass is 16.5. The molecule has 0 bridgehead atoms. The molecule has 1 aliphatic carbocycles. The fourth-order valence-corrected chi connectivity index (χ4v) is 4.57. The highest BCUT2D eigenvalue weighted by molar-refractivity contribution is 6.01. The van der Waals surface area contributed by atoms with E-state index in [4.69, 9.17) is 4.74 Å². The number of ether oxygens (including phenoxy) is 1. The number of aromatic carboxylic acids is 1. The van der Waals surface area contributed by atoms with Gasteiger partial charge in [-0.25, -0.2) is 9.48 Å². The topological polar surface area (TPSA) is 84.7 Å². The standard InChI is InChI=1S/C28H33N3O4/c1-19(2)31(27(32)22-11-9-20(3)10-12-22)26-25(28(33)34)17-30(29-26)23-13-15-24(16-14-23)35-18-21-7-5-4-6-8-21/h4-8,13-17,19-20,22H,9-12,18H2,1-3H3,(H,33,34)/t20-,22-. The van der Waals surface area contributed by atoms with E-state index in [-0.39, 0.29) is 29.2 Å². The van der Waals surface area contributed by atoms with Gasteiger partial charge in [-0.3, -0.25) is 9.69 Å². The monoisotopic (exact) mass is 475 g/mol. The van der Waals surface area contributed by atoms with E-state index < -0.39 is 5.97 Å². The van der Waals surface area contributed by atoms with Gasteiger partial charge in [-0.15, -0.1) is 5.10 Å². The van der Waals surface area contributed by atoms with Crippen LogP contribution in [-0.4, -0.2) is 32.8 Å². The van der Waals surface area contributed by atoms with Crippen molar-refractivity contribution in [1.29, 1.82) is 0 Å². The van der Waals surface area contributed by atoms with Gasteiger partial charge >= 0.3 is 5.97 Å². The number of anilines is 1. The third-order valence-electron chi connectivity index (χ3n) is 6.62. The Morgan fingerprint density at radius 1 is 1.06 bits per heavy atom. The molecule has 0 unspecified atom stereocenters. The van der Waals surface area contributed by atoms with Crippen molar-refractivity contribution in [3.8, 4) is 11.4 Å². The van der Waals surface area contributed by atoms with Crippen LogP contribution in [0.4, 0.5) is 5.82 Å². The van der Waals surface area contributed by atoms with Gasteiger partial charge in [-0.1, -0.05) is 37.3 Å². The van der Waals surface area contributed by atoms with E-state index in [0.29, 0.717) is 24.0 Å². The maximum atomic E-state index is 13.5. The summed E-state index contributed by atoms with van der Waals surface area (Å²) >= 11 is 0. The predicted molar refractivity (Wildman–Crippen MR) is 135 cm³/mol. The number of benzene rings is 2. The quantitative estimate of drug-likeness (QED) is 0.451. The van der Waals surface area contributed by atoms with Crippen LogP contribution in [0.5, 0.6) is 5.75 Å². The van der Waals surface area contributed by atoms with Crippen molar-refractivity contribution in [1.82, 2.24) is 9.78 Å². The average molecular weight is 476 g/mol. The SMILES string of the molecule is CC(C)N(c1nn(-c2ccc(OCc3ccccc3)cc2)cc1C(=O)O)C(=O)[C@H]1CC[C@H](C)CC1. The molecule has 0 radical (unpaired) electrons. The van der Waals surface area contributed by atoms with E-state index in [9.17, 15) is 14.7 Å². The van der Waals surface area contributed by atoms with E-state index >= 15 is 0 Å². The number of rotatable bonds is 8. The fraction of sp³-hybridized carbons (Fsp3) is 0.393. The van der Waals surface area contributed by atoms with Crippen molar-refractivity contribution >= 4 is 17.7 Å². The van der Waals surface area contributed by atoms with Crippen LogP contribution in [0, 0.1) is 11.8 Å². The summed E-state index contributed by atoms with van der Waals surface area (Å²) in [5, 5.41) is 14.5. The molecule has 0 saturated heterocycles. The van der Waals surface area contributed by atoms with E-state index in [0.717, 1.165) is 31.2 Å². The molecule has 1 aliphatic rings. The lowest BCUT2D eigenvalue weighted by Crippen LogP contribution is -2.43. The van der Waals surface area contributed by atoms with Crippen LogP contribution in [0.25, 0.3) is 5.69 Å². The number of carbonyl (C=O) groups is 2. The molecule has 1 N–H and O–H groups in total. The Morgan fingerprint density at radius 3 is 2.31 bits per heavy atom. The zero-order chi connectivity index (χ0) is 24.9. The Morgan fingerprint density at radius 2 is 1.71 bits per heavy atom. The Hall–Kier alpha value is -3.61. The molecule has 1 fully saturated rings. The van der Waals surface area contributed by atoms with Crippen molar-refractivity contribution in [3.63, 3.8) is 0 Å². The maximum absolute atomic E-state index is 13.5. The number of hydrogen-bond acceptors (Lipinski definition) is 4. The second-order valence-electron chi connectivity index (χ2n) is 9.64. The molecule has 4 rings (SSSR count). The largest absolute Gasteiger partial charge is 0.489 e. The van der Waals surface area contributed by atoms with Gasteiger partial charge in [0, 0.05) is 18.2 Å². The number of carboxylic acids is 1. The Kier molecular flexibility index (Phi) is 7.54. The molecule has 35 heavy (non-hydrogen) atoms. The van der Waals surface area contributed by atoms with Gasteiger partial charge in [0.15, 0.2) is 5.82 Å². The summed E-state index contributed by atoms with van der Waals surface area (Å²) in [5.41, 5.74) is 1.78. The van der Waals surface area contributed by atoms with Crippen molar-refractivity contribution in [3.05, 3.63) is 71.9 Å². The number of amides is 1. The van der Waals surface area contributed by atoms with Crippen LogP contribution in [-0.2, 0) is 11.4 Å². The van der Waals surface area contributed by atoms with E-state index in [1.807, 2.05) is 68.4 Å².